The average Bonchev–Trinajstić information content (AvgIpc) is 3.11. The van der Waals surface area contributed by atoms with Crippen molar-refractivity contribution in [2.24, 2.45) is 0 Å². The van der Waals surface area contributed by atoms with Gasteiger partial charge in [-0.1, -0.05) is 17.3 Å². The summed E-state index contributed by atoms with van der Waals surface area (Å²) >= 11 is 0. The number of aromatic nitrogens is 3. The lowest BCUT2D eigenvalue weighted by Gasteiger charge is -2.05. The van der Waals surface area contributed by atoms with Crippen molar-refractivity contribution in [2.45, 2.75) is 25.3 Å². The summed E-state index contributed by atoms with van der Waals surface area (Å²) in [4.78, 5) is 10.9. The first-order chi connectivity index (χ1) is 8.78. The Morgan fingerprint density at radius 1 is 1.44 bits per heavy atom. The highest BCUT2D eigenvalue weighted by Crippen LogP contribution is 2.40. The van der Waals surface area contributed by atoms with Crippen LogP contribution >= 0.6 is 0 Å². The van der Waals surface area contributed by atoms with Crippen LogP contribution in [0.3, 0.4) is 0 Å². The third-order valence-corrected chi connectivity index (χ3v) is 3.10. The summed E-state index contributed by atoms with van der Waals surface area (Å²) in [7, 11) is 0. The first-order valence-corrected chi connectivity index (χ1v) is 5.91. The number of carbonyl (C=O) groups is 1. The summed E-state index contributed by atoms with van der Waals surface area (Å²) in [5.74, 6) is 0.116. The van der Waals surface area contributed by atoms with Crippen molar-refractivity contribution >= 4 is 6.29 Å². The summed E-state index contributed by atoms with van der Waals surface area (Å²) in [6.45, 7) is 0.449. The molecule has 92 valence electrons. The van der Waals surface area contributed by atoms with Crippen LogP contribution in [0.15, 0.2) is 24.3 Å². The van der Waals surface area contributed by atoms with Gasteiger partial charge in [0.15, 0.2) is 6.29 Å². The Morgan fingerprint density at radius 3 is 2.94 bits per heavy atom. The Hall–Kier alpha value is -2.04. The van der Waals surface area contributed by atoms with E-state index < -0.39 is 0 Å². The lowest BCUT2D eigenvalue weighted by atomic mass is 10.2. The van der Waals surface area contributed by atoms with Crippen molar-refractivity contribution in [3.8, 4) is 0 Å². The molecule has 1 aromatic heterocycles. The number of nitrogens with zero attached hydrogens (tertiary/aromatic N) is 3. The van der Waals surface area contributed by atoms with Gasteiger partial charge < -0.3 is 0 Å². The van der Waals surface area contributed by atoms with Gasteiger partial charge in [0.1, 0.15) is 11.5 Å². The number of hydrogen-bond acceptors (Lipinski definition) is 3. The molecule has 0 atom stereocenters. The van der Waals surface area contributed by atoms with Crippen LogP contribution in [0.5, 0.6) is 0 Å². The first kappa shape index (κ1) is 11.1. The molecule has 2 aromatic rings. The zero-order valence-electron chi connectivity index (χ0n) is 9.71. The molecule has 0 unspecified atom stereocenters. The summed E-state index contributed by atoms with van der Waals surface area (Å²) in [6.07, 6.45) is 2.87. The molecule has 0 amide bonds. The molecular formula is C13H12FN3O. The molecule has 1 fully saturated rings. The highest BCUT2D eigenvalue weighted by molar-refractivity contribution is 5.73. The highest BCUT2D eigenvalue weighted by atomic mass is 19.1. The van der Waals surface area contributed by atoms with E-state index in [2.05, 4.69) is 10.3 Å². The minimum absolute atomic E-state index is 0.267. The number of carbonyl (C=O) groups excluding carboxylic acids is 1. The summed E-state index contributed by atoms with van der Waals surface area (Å²) in [5.41, 5.74) is 2.11. The predicted octanol–water partition coefficient (Wildman–Crippen LogP) is 2.16. The van der Waals surface area contributed by atoms with E-state index in [1.165, 1.54) is 12.1 Å². The molecule has 0 N–H and O–H groups in total. The lowest BCUT2D eigenvalue weighted by molar-refractivity contribution is 0.111. The topological polar surface area (TPSA) is 47.8 Å². The molecule has 0 radical (unpaired) electrons. The molecule has 0 spiro atoms. The Labute approximate surface area is 103 Å². The first-order valence-electron chi connectivity index (χ1n) is 5.91. The van der Waals surface area contributed by atoms with Gasteiger partial charge in [-0.2, -0.15) is 0 Å². The van der Waals surface area contributed by atoms with Gasteiger partial charge >= 0.3 is 0 Å². The van der Waals surface area contributed by atoms with Crippen LogP contribution in [0, 0.1) is 5.82 Å². The Bertz CT molecular complexity index is 590. The largest absolute Gasteiger partial charge is 0.296 e. The van der Waals surface area contributed by atoms with E-state index >= 15 is 0 Å². The average molecular weight is 245 g/mol. The minimum atomic E-state index is -0.267. The maximum atomic E-state index is 13.1. The van der Waals surface area contributed by atoms with E-state index in [0.717, 1.165) is 30.4 Å². The van der Waals surface area contributed by atoms with Crippen LogP contribution in [0.1, 0.15) is 40.5 Å². The zero-order valence-corrected chi connectivity index (χ0v) is 9.71. The van der Waals surface area contributed by atoms with Crippen molar-refractivity contribution < 1.29 is 9.18 Å². The van der Waals surface area contributed by atoms with E-state index in [4.69, 9.17) is 0 Å². The molecule has 4 nitrogen and oxygen atoms in total. The molecule has 1 heterocycles. The summed E-state index contributed by atoms with van der Waals surface area (Å²) < 4.78 is 14.8. The third kappa shape index (κ3) is 2.03. The van der Waals surface area contributed by atoms with Crippen LogP contribution in [0.2, 0.25) is 0 Å². The molecule has 5 heteroatoms. The normalized spacial score (nSPS) is 14.7. The molecule has 1 aliphatic rings. The molecule has 0 saturated heterocycles. The maximum absolute atomic E-state index is 13.1. The van der Waals surface area contributed by atoms with Crippen molar-refractivity contribution in [2.75, 3.05) is 0 Å². The lowest BCUT2D eigenvalue weighted by Crippen LogP contribution is -2.06. The fourth-order valence-electron chi connectivity index (χ4n) is 2.12. The molecular weight excluding hydrogens is 233 g/mol. The van der Waals surface area contributed by atoms with Crippen LogP contribution in [0.4, 0.5) is 4.39 Å². The Kier molecular flexibility index (Phi) is 2.66. The van der Waals surface area contributed by atoms with Gasteiger partial charge in [0.05, 0.1) is 12.2 Å². The van der Waals surface area contributed by atoms with Crippen LogP contribution in [-0.2, 0) is 6.54 Å². The Balaban J connectivity index is 1.92. The number of benzene rings is 1. The SMILES string of the molecule is O=Cc1nnn(Cc2cccc(F)c2)c1C1CC1. The number of rotatable bonds is 4. The second kappa shape index (κ2) is 4.33. The van der Waals surface area contributed by atoms with Crippen LogP contribution in [0.25, 0.3) is 0 Å². The van der Waals surface area contributed by atoms with Crippen molar-refractivity contribution in [3.05, 3.63) is 47.0 Å². The molecule has 0 bridgehead atoms. The van der Waals surface area contributed by atoms with Gasteiger partial charge in [0.25, 0.3) is 0 Å². The van der Waals surface area contributed by atoms with Gasteiger partial charge in [-0.25, -0.2) is 9.07 Å². The van der Waals surface area contributed by atoms with Gasteiger partial charge in [0.2, 0.25) is 0 Å². The van der Waals surface area contributed by atoms with E-state index in [-0.39, 0.29) is 5.82 Å². The highest BCUT2D eigenvalue weighted by Gasteiger charge is 2.31. The second-order valence-corrected chi connectivity index (χ2v) is 4.54. The molecule has 1 saturated carbocycles. The van der Waals surface area contributed by atoms with Crippen molar-refractivity contribution in [1.29, 1.82) is 0 Å². The monoisotopic (exact) mass is 245 g/mol. The van der Waals surface area contributed by atoms with Gasteiger partial charge in [0, 0.05) is 5.92 Å². The standard InChI is InChI=1S/C13H12FN3O/c14-11-3-1-2-9(6-11)7-17-13(10-4-5-10)12(8-18)15-16-17/h1-3,6,8,10H,4-5,7H2. The van der Waals surface area contributed by atoms with E-state index in [0.29, 0.717) is 18.2 Å². The fraction of sp³-hybridized carbons (Fsp3) is 0.308. The second-order valence-electron chi connectivity index (χ2n) is 4.54. The molecule has 3 rings (SSSR count). The Morgan fingerprint density at radius 2 is 2.28 bits per heavy atom. The number of halogens is 1. The van der Waals surface area contributed by atoms with Crippen LogP contribution < -0.4 is 0 Å². The maximum Gasteiger partial charge on any atom is 0.172 e. The fourth-order valence-corrected chi connectivity index (χ4v) is 2.12. The molecule has 0 aliphatic heterocycles. The molecule has 18 heavy (non-hydrogen) atoms. The summed E-state index contributed by atoms with van der Waals surface area (Å²) in [5, 5.41) is 7.85. The van der Waals surface area contributed by atoms with Crippen molar-refractivity contribution in [3.63, 3.8) is 0 Å². The van der Waals surface area contributed by atoms with Crippen molar-refractivity contribution in [1.82, 2.24) is 15.0 Å². The number of hydrogen-bond donors (Lipinski definition) is 0. The van der Waals surface area contributed by atoms with E-state index in [1.54, 1.807) is 10.7 Å². The van der Waals surface area contributed by atoms with Crippen LogP contribution in [-0.4, -0.2) is 21.3 Å². The van der Waals surface area contributed by atoms with E-state index in [9.17, 15) is 9.18 Å². The third-order valence-electron chi connectivity index (χ3n) is 3.10. The van der Waals surface area contributed by atoms with Gasteiger partial charge in [-0.15, -0.1) is 5.10 Å². The smallest absolute Gasteiger partial charge is 0.172 e. The quantitative estimate of drug-likeness (QED) is 0.775. The number of aldehydes is 1. The zero-order chi connectivity index (χ0) is 12.5. The van der Waals surface area contributed by atoms with E-state index in [1.807, 2.05) is 6.07 Å². The minimum Gasteiger partial charge on any atom is -0.296 e. The predicted molar refractivity (Wildman–Crippen MR) is 62.9 cm³/mol. The molecule has 1 aliphatic carbocycles. The van der Waals surface area contributed by atoms with Gasteiger partial charge in [-0.3, -0.25) is 4.79 Å². The van der Waals surface area contributed by atoms with Gasteiger partial charge in [-0.05, 0) is 30.5 Å². The molecule has 1 aromatic carbocycles. The summed E-state index contributed by atoms with van der Waals surface area (Å²) in [6, 6.07) is 6.38.